The highest BCUT2D eigenvalue weighted by atomic mass is 32.1. The third-order valence-corrected chi connectivity index (χ3v) is 6.43. The number of carboxylic acids is 1. The van der Waals surface area contributed by atoms with Gasteiger partial charge >= 0.3 is 5.97 Å². The van der Waals surface area contributed by atoms with Gasteiger partial charge in [-0.25, -0.2) is 14.8 Å². The summed E-state index contributed by atoms with van der Waals surface area (Å²) in [6.45, 7) is 7.27. The fraction of sp³-hybridized carbons (Fsp3) is 0.391. The summed E-state index contributed by atoms with van der Waals surface area (Å²) in [7, 11) is 0. The number of anilines is 1. The Morgan fingerprint density at radius 1 is 1.28 bits per heavy atom. The number of thiazole rings is 1. The molecule has 0 aromatic carbocycles. The van der Waals surface area contributed by atoms with Crippen molar-refractivity contribution in [2.45, 2.75) is 32.6 Å². The summed E-state index contributed by atoms with van der Waals surface area (Å²) in [6, 6.07) is 3.86. The van der Waals surface area contributed by atoms with Crippen LogP contribution in [0.15, 0.2) is 34.6 Å². The van der Waals surface area contributed by atoms with E-state index in [1.54, 1.807) is 17.5 Å². The van der Waals surface area contributed by atoms with Crippen LogP contribution in [0.25, 0.3) is 11.7 Å². The molecule has 0 amide bonds. The van der Waals surface area contributed by atoms with Crippen LogP contribution < -0.4 is 15.8 Å². The van der Waals surface area contributed by atoms with Crippen LogP contribution >= 0.6 is 11.3 Å². The topological polar surface area (TPSA) is 99.8 Å². The van der Waals surface area contributed by atoms with Crippen LogP contribution in [0.1, 0.15) is 41.6 Å². The van der Waals surface area contributed by atoms with E-state index < -0.39 is 5.97 Å². The molecule has 4 rings (SSSR count). The molecular formula is C23H27N5O3S. The van der Waals surface area contributed by atoms with E-state index in [9.17, 15) is 9.59 Å². The summed E-state index contributed by atoms with van der Waals surface area (Å²) in [6.07, 6.45) is 5.71. The number of nitrogens with one attached hydrogen (secondary N) is 1. The molecule has 3 aromatic heterocycles. The zero-order valence-electron chi connectivity index (χ0n) is 18.2. The van der Waals surface area contributed by atoms with Crippen molar-refractivity contribution in [2.75, 3.05) is 31.1 Å². The van der Waals surface area contributed by atoms with Crippen LogP contribution in [-0.4, -0.2) is 51.6 Å². The highest BCUT2D eigenvalue weighted by Crippen LogP contribution is 2.21. The number of rotatable bonds is 7. The van der Waals surface area contributed by atoms with Gasteiger partial charge in [0.1, 0.15) is 11.5 Å². The number of carboxylic acid groups (broad SMARTS) is 1. The van der Waals surface area contributed by atoms with E-state index in [1.807, 2.05) is 17.0 Å². The fourth-order valence-corrected chi connectivity index (χ4v) is 4.67. The normalized spacial score (nSPS) is 14.7. The number of hydrogen-bond acceptors (Lipinski definition) is 7. The van der Waals surface area contributed by atoms with Crippen molar-refractivity contribution in [3.63, 3.8) is 0 Å². The highest BCUT2D eigenvalue weighted by molar-refractivity contribution is 7.09. The van der Waals surface area contributed by atoms with Crippen molar-refractivity contribution in [1.29, 1.82) is 0 Å². The Labute approximate surface area is 190 Å². The number of carbonyl (C=O) groups is 1. The lowest BCUT2D eigenvalue weighted by Gasteiger charge is -2.29. The molecule has 3 aromatic rings. The lowest BCUT2D eigenvalue weighted by molar-refractivity contribution is -0.131. The van der Waals surface area contributed by atoms with Gasteiger partial charge in [0.05, 0.1) is 16.3 Å². The second kappa shape index (κ2) is 9.62. The molecule has 1 aliphatic heterocycles. The number of nitrogens with zero attached hydrogens (tertiary/aromatic N) is 4. The first kappa shape index (κ1) is 22.2. The largest absolute Gasteiger partial charge is 0.478 e. The lowest BCUT2D eigenvalue weighted by Crippen LogP contribution is -2.45. The molecule has 0 unspecified atom stereocenters. The van der Waals surface area contributed by atoms with Crippen LogP contribution in [0.4, 0.5) is 5.82 Å². The summed E-state index contributed by atoms with van der Waals surface area (Å²) in [5.41, 5.74) is 2.80. The molecule has 0 bridgehead atoms. The monoisotopic (exact) mass is 453 g/mol. The van der Waals surface area contributed by atoms with E-state index in [0.717, 1.165) is 48.3 Å². The Morgan fingerprint density at radius 3 is 2.75 bits per heavy atom. The highest BCUT2D eigenvalue weighted by Gasteiger charge is 2.19. The number of hydrogen-bond donors (Lipinski definition) is 2. The molecule has 9 heteroatoms. The summed E-state index contributed by atoms with van der Waals surface area (Å²) in [5, 5.41) is 15.6. The molecule has 1 aliphatic rings. The maximum Gasteiger partial charge on any atom is 0.328 e. The molecule has 4 heterocycles. The minimum atomic E-state index is -1.10. The first-order valence-electron chi connectivity index (χ1n) is 10.8. The zero-order chi connectivity index (χ0) is 22.7. The van der Waals surface area contributed by atoms with Gasteiger partial charge in [-0.15, -0.1) is 11.3 Å². The van der Waals surface area contributed by atoms with Gasteiger partial charge in [0, 0.05) is 50.3 Å². The van der Waals surface area contributed by atoms with Crippen molar-refractivity contribution in [3.8, 4) is 0 Å². The van der Waals surface area contributed by atoms with Crippen molar-refractivity contribution < 1.29 is 9.90 Å². The summed E-state index contributed by atoms with van der Waals surface area (Å²) < 4.78 is 1.48. The molecule has 1 saturated heterocycles. The second-order valence-corrected chi connectivity index (χ2v) is 9.09. The van der Waals surface area contributed by atoms with Crippen LogP contribution in [0, 0.1) is 0 Å². The van der Waals surface area contributed by atoms with E-state index in [4.69, 9.17) is 15.1 Å². The van der Waals surface area contributed by atoms with Crippen LogP contribution in [0.3, 0.4) is 0 Å². The van der Waals surface area contributed by atoms with Crippen LogP contribution in [-0.2, 0) is 17.6 Å². The van der Waals surface area contributed by atoms with Crippen molar-refractivity contribution in [1.82, 2.24) is 19.7 Å². The number of aromatic nitrogens is 3. The number of aryl methyl sites for hydroxylation is 2. The summed E-state index contributed by atoms with van der Waals surface area (Å²) >= 11 is 1.68. The molecule has 0 aliphatic carbocycles. The number of aliphatic carboxylic acids is 1. The maximum absolute atomic E-state index is 13.2. The number of piperazine rings is 1. The maximum atomic E-state index is 13.2. The SMILES string of the molecule is CC(C)c1csc(CCc2ccn3c(=O)c(/C=C/C(=O)O)c(N4CCNCC4)nc3c2)n1. The average molecular weight is 454 g/mol. The van der Waals surface area contributed by atoms with Crippen molar-refractivity contribution in [2.24, 2.45) is 0 Å². The van der Waals surface area contributed by atoms with Gasteiger partial charge < -0.3 is 15.3 Å². The van der Waals surface area contributed by atoms with Gasteiger partial charge in [-0.1, -0.05) is 13.8 Å². The lowest BCUT2D eigenvalue weighted by atomic mass is 10.1. The Balaban J connectivity index is 1.67. The van der Waals surface area contributed by atoms with E-state index in [1.165, 1.54) is 10.5 Å². The predicted molar refractivity (Wildman–Crippen MR) is 127 cm³/mol. The Morgan fingerprint density at radius 2 is 2.06 bits per heavy atom. The van der Waals surface area contributed by atoms with Crippen molar-refractivity contribution >= 4 is 34.8 Å². The Kier molecular flexibility index (Phi) is 6.66. The Bertz CT molecular complexity index is 1210. The molecule has 0 atom stereocenters. The minimum absolute atomic E-state index is 0.269. The summed E-state index contributed by atoms with van der Waals surface area (Å²) in [5.74, 6) is -0.143. The molecule has 1 fully saturated rings. The van der Waals surface area contributed by atoms with Gasteiger partial charge in [0.15, 0.2) is 0 Å². The molecule has 0 spiro atoms. The van der Waals surface area contributed by atoms with Gasteiger partial charge in [0.25, 0.3) is 5.56 Å². The molecule has 0 saturated carbocycles. The van der Waals surface area contributed by atoms with Crippen molar-refractivity contribution in [3.05, 3.63) is 62.0 Å². The standard InChI is InChI=1S/C23H27N5O3S/c1-15(2)18-14-32-20(25-18)5-3-16-7-10-28-19(13-16)26-22(27-11-8-24-9-12-27)17(23(28)31)4-6-21(29)30/h4,6-7,10,13-15,24H,3,5,8-9,11-12H2,1-2H3,(H,29,30)/b6-4+. The number of fused-ring (bicyclic) bond motifs is 1. The van der Waals surface area contributed by atoms with E-state index in [0.29, 0.717) is 36.0 Å². The van der Waals surface area contributed by atoms with E-state index in [2.05, 4.69) is 24.5 Å². The Hall–Kier alpha value is -3.04. The first-order chi connectivity index (χ1) is 15.4. The molecular weight excluding hydrogens is 426 g/mol. The second-order valence-electron chi connectivity index (χ2n) is 8.15. The molecule has 168 valence electrons. The average Bonchev–Trinajstić information content (AvgIpc) is 3.27. The zero-order valence-corrected chi connectivity index (χ0v) is 19.1. The van der Waals surface area contributed by atoms with Gasteiger partial charge in [0.2, 0.25) is 0 Å². The predicted octanol–water partition coefficient (Wildman–Crippen LogP) is 2.57. The molecule has 8 nitrogen and oxygen atoms in total. The smallest absolute Gasteiger partial charge is 0.328 e. The summed E-state index contributed by atoms with van der Waals surface area (Å²) in [4.78, 5) is 35.8. The van der Waals surface area contributed by atoms with Crippen LogP contribution in [0.2, 0.25) is 0 Å². The quantitative estimate of drug-likeness (QED) is 0.531. The van der Waals surface area contributed by atoms with Gasteiger partial charge in [-0.2, -0.15) is 0 Å². The minimum Gasteiger partial charge on any atom is -0.478 e. The van der Waals surface area contributed by atoms with E-state index in [-0.39, 0.29) is 5.56 Å². The number of pyridine rings is 1. The third-order valence-electron chi connectivity index (χ3n) is 5.51. The molecule has 32 heavy (non-hydrogen) atoms. The van der Waals surface area contributed by atoms with Gasteiger partial charge in [-0.05, 0) is 36.1 Å². The molecule has 0 radical (unpaired) electrons. The van der Waals surface area contributed by atoms with E-state index >= 15 is 0 Å². The fourth-order valence-electron chi connectivity index (χ4n) is 3.71. The third kappa shape index (κ3) is 4.89. The van der Waals surface area contributed by atoms with Crippen LogP contribution in [0.5, 0.6) is 0 Å². The van der Waals surface area contributed by atoms with Gasteiger partial charge in [-0.3, -0.25) is 9.20 Å². The molecule has 2 N–H and O–H groups in total. The first-order valence-corrected chi connectivity index (χ1v) is 11.7.